The fourth-order valence-electron chi connectivity index (χ4n) is 2.58. The van der Waals surface area contributed by atoms with Crippen molar-refractivity contribution < 1.29 is 14.3 Å². The minimum Gasteiger partial charge on any atom is -0.458 e. The lowest BCUT2D eigenvalue weighted by molar-refractivity contribution is -0.140. The van der Waals surface area contributed by atoms with Gasteiger partial charge in [-0.3, -0.25) is 5.84 Å². The average Bonchev–Trinajstić information content (AvgIpc) is 3.31. The van der Waals surface area contributed by atoms with E-state index < -0.39 is 5.97 Å². The number of ether oxygens (including phenoxy) is 2. The number of hydrogen-bond acceptors (Lipinski definition) is 6. The molecule has 1 aromatic rings. The van der Waals surface area contributed by atoms with E-state index in [1.807, 2.05) is 12.1 Å². The van der Waals surface area contributed by atoms with E-state index in [9.17, 15) is 4.79 Å². The average molecular weight is 303 g/mol. The maximum absolute atomic E-state index is 11.9. The van der Waals surface area contributed by atoms with Gasteiger partial charge in [0.15, 0.2) is 5.70 Å². The van der Waals surface area contributed by atoms with Crippen LogP contribution in [0.5, 0.6) is 5.75 Å². The summed E-state index contributed by atoms with van der Waals surface area (Å²) in [6.07, 6.45) is 6.30. The molecule has 3 rings (SSSR count). The molecule has 22 heavy (non-hydrogen) atoms. The summed E-state index contributed by atoms with van der Waals surface area (Å²) in [6.45, 7) is 0. The summed E-state index contributed by atoms with van der Waals surface area (Å²) >= 11 is 0. The van der Waals surface area contributed by atoms with Crippen LogP contribution in [0, 0.1) is 0 Å². The van der Waals surface area contributed by atoms with E-state index in [2.05, 4.69) is 11.5 Å². The Morgan fingerprint density at radius 2 is 1.91 bits per heavy atom. The van der Waals surface area contributed by atoms with Gasteiger partial charge in [-0.1, -0.05) is 6.07 Å². The van der Waals surface area contributed by atoms with Crippen molar-refractivity contribution in [1.29, 1.82) is 0 Å². The molecule has 0 amide bonds. The summed E-state index contributed by atoms with van der Waals surface area (Å²) in [5.74, 6) is 5.31. The van der Waals surface area contributed by atoms with Crippen molar-refractivity contribution in [3.8, 4) is 5.75 Å². The Kier molecular flexibility index (Phi) is 4.20. The van der Waals surface area contributed by atoms with Gasteiger partial charge in [-0.25, -0.2) is 4.79 Å². The SMILES string of the molecule is NN/C(C(=O)OC1CC1)=C(\N)Oc1ccc2c(c1)CCCC2. The van der Waals surface area contributed by atoms with Crippen LogP contribution in [-0.2, 0) is 22.4 Å². The van der Waals surface area contributed by atoms with Gasteiger partial charge in [-0.05, 0) is 61.8 Å². The van der Waals surface area contributed by atoms with E-state index in [4.69, 9.17) is 21.1 Å². The Bertz CT molecular complexity index is 609. The fourth-order valence-corrected chi connectivity index (χ4v) is 2.58. The van der Waals surface area contributed by atoms with Gasteiger partial charge < -0.3 is 20.6 Å². The molecule has 0 unspecified atom stereocenters. The standard InChI is InChI=1S/C16H21N3O3/c17-15(14(19-18)16(20)22-12-7-8-12)21-13-6-5-10-3-1-2-4-11(10)9-13/h5-6,9,12,19H,1-4,7-8,17-18H2/b15-14+. The molecule has 2 aliphatic rings. The number of fused-ring (bicyclic) bond motifs is 1. The molecule has 0 aromatic heterocycles. The molecule has 0 radical (unpaired) electrons. The second kappa shape index (κ2) is 6.27. The van der Waals surface area contributed by atoms with Gasteiger partial charge in [0.2, 0.25) is 5.88 Å². The van der Waals surface area contributed by atoms with Gasteiger partial charge in [0, 0.05) is 0 Å². The zero-order valence-corrected chi connectivity index (χ0v) is 12.4. The van der Waals surface area contributed by atoms with Crippen LogP contribution in [0.3, 0.4) is 0 Å². The molecule has 1 aromatic carbocycles. The zero-order chi connectivity index (χ0) is 15.5. The highest BCUT2D eigenvalue weighted by Crippen LogP contribution is 2.27. The number of hydrazine groups is 1. The first-order valence-corrected chi connectivity index (χ1v) is 7.64. The number of aryl methyl sites for hydroxylation is 2. The van der Waals surface area contributed by atoms with Crippen LogP contribution in [0.25, 0.3) is 0 Å². The second-order valence-electron chi connectivity index (χ2n) is 5.73. The molecule has 118 valence electrons. The van der Waals surface area contributed by atoms with Crippen molar-refractivity contribution in [2.45, 2.75) is 44.6 Å². The Hall–Kier alpha value is -2.21. The van der Waals surface area contributed by atoms with Crippen molar-refractivity contribution in [1.82, 2.24) is 5.43 Å². The highest BCUT2D eigenvalue weighted by atomic mass is 16.6. The van der Waals surface area contributed by atoms with Crippen LogP contribution in [0.15, 0.2) is 29.8 Å². The summed E-state index contributed by atoms with van der Waals surface area (Å²) < 4.78 is 10.7. The molecule has 1 fully saturated rings. The number of nitrogens with two attached hydrogens (primary N) is 2. The van der Waals surface area contributed by atoms with Crippen molar-refractivity contribution in [2.75, 3.05) is 0 Å². The number of nitrogens with one attached hydrogen (secondary N) is 1. The Labute approximate surface area is 129 Å². The summed E-state index contributed by atoms with van der Waals surface area (Å²) in [5, 5.41) is 0. The molecule has 0 aliphatic heterocycles. The summed E-state index contributed by atoms with van der Waals surface area (Å²) in [7, 11) is 0. The molecule has 0 saturated heterocycles. The van der Waals surface area contributed by atoms with Crippen LogP contribution in [0.1, 0.15) is 36.8 Å². The van der Waals surface area contributed by atoms with E-state index in [0.717, 1.165) is 25.7 Å². The predicted octanol–water partition coefficient (Wildman–Crippen LogP) is 1.24. The van der Waals surface area contributed by atoms with E-state index in [1.54, 1.807) is 0 Å². The molecule has 0 spiro atoms. The molecule has 6 heteroatoms. The molecule has 2 aliphatic carbocycles. The van der Waals surface area contributed by atoms with Crippen LogP contribution in [0.4, 0.5) is 0 Å². The highest BCUT2D eigenvalue weighted by Gasteiger charge is 2.28. The minimum atomic E-state index is -0.583. The lowest BCUT2D eigenvalue weighted by Crippen LogP contribution is -2.33. The van der Waals surface area contributed by atoms with Gasteiger partial charge in [-0.15, -0.1) is 0 Å². The molecule has 0 heterocycles. The lowest BCUT2D eigenvalue weighted by Gasteiger charge is -2.17. The zero-order valence-electron chi connectivity index (χ0n) is 12.4. The molecule has 5 N–H and O–H groups in total. The van der Waals surface area contributed by atoms with Gasteiger partial charge in [0.05, 0.1) is 0 Å². The minimum absolute atomic E-state index is 0.0209. The molecule has 0 atom stereocenters. The monoisotopic (exact) mass is 303 g/mol. The summed E-state index contributed by atoms with van der Waals surface area (Å²) in [5.41, 5.74) is 10.7. The van der Waals surface area contributed by atoms with Gasteiger partial charge in [0.1, 0.15) is 11.9 Å². The normalized spacial score (nSPS) is 18.0. The van der Waals surface area contributed by atoms with Crippen LogP contribution >= 0.6 is 0 Å². The van der Waals surface area contributed by atoms with E-state index >= 15 is 0 Å². The van der Waals surface area contributed by atoms with Crippen LogP contribution in [0.2, 0.25) is 0 Å². The fraction of sp³-hybridized carbons (Fsp3) is 0.438. The van der Waals surface area contributed by atoms with Gasteiger partial charge in [0.25, 0.3) is 0 Å². The molecular weight excluding hydrogens is 282 g/mol. The first kappa shape index (κ1) is 14.7. The first-order valence-electron chi connectivity index (χ1n) is 7.64. The Balaban J connectivity index is 1.74. The maximum Gasteiger partial charge on any atom is 0.361 e. The summed E-state index contributed by atoms with van der Waals surface area (Å²) in [6, 6.07) is 5.88. The summed E-state index contributed by atoms with van der Waals surface area (Å²) in [4.78, 5) is 11.9. The molecule has 6 nitrogen and oxygen atoms in total. The molecule has 0 bridgehead atoms. The van der Waals surface area contributed by atoms with Gasteiger partial charge in [-0.2, -0.15) is 0 Å². The number of hydrogen-bond donors (Lipinski definition) is 3. The third-order valence-corrected chi connectivity index (χ3v) is 3.94. The van der Waals surface area contributed by atoms with Crippen LogP contribution < -0.4 is 21.7 Å². The number of esters is 1. The maximum atomic E-state index is 11.9. The topological polar surface area (TPSA) is 99.6 Å². The number of rotatable bonds is 5. The van der Waals surface area contributed by atoms with Crippen LogP contribution in [-0.4, -0.2) is 12.1 Å². The number of carbonyl (C=O) groups is 1. The van der Waals surface area contributed by atoms with Crippen molar-refractivity contribution in [2.24, 2.45) is 11.6 Å². The number of carbonyl (C=O) groups excluding carboxylic acids is 1. The third-order valence-electron chi connectivity index (χ3n) is 3.94. The van der Waals surface area contributed by atoms with E-state index in [-0.39, 0.29) is 17.7 Å². The van der Waals surface area contributed by atoms with E-state index in [1.165, 1.54) is 24.0 Å². The molecule has 1 saturated carbocycles. The largest absolute Gasteiger partial charge is 0.458 e. The Morgan fingerprint density at radius 1 is 1.18 bits per heavy atom. The van der Waals surface area contributed by atoms with Crippen molar-refractivity contribution >= 4 is 5.97 Å². The highest BCUT2D eigenvalue weighted by molar-refractivity contribution is 5.88. The Morgan fingerprint density at radius 3 is 2.59 bits per heavy atom. The smallest absolute Gasteiger partial charge is 0.361 e. The third kappa shape index (κ3) is 3.33. The second-order valence-corrected chi connectivity index (χ2v) is 5.73. The predicted molar refractivity (Wildman–Crippen MR) is 81.4 cm³/mol. The first-order chi connectivity index (χ1) is 10.7. The van der Waals surface area contributed by atoms with E-state index in [0.29, 0.717) is 5.75 Å². The number of benzene rings is 1. The molecular formula is C16H21N3O3. The van der Waals surface area contributed by atoms with Crippen molar-refractivity contribution in [3.63, 3.8) is 0 Å². The van der Waals surface area contributed by atoms with Gasteiger partial charge >= 0.3 is 5.97 Å². The van der Waals surface area contributed by atoms with Crippen molar-refractivity contribution in [3.05, 3.63) is 40.9 Å². The quantitative estimate of drug-likeness (QED) is 0.249. The lowest BCUT2D eigenvalue weighted by atomic mass is 9.92.